The van der Waals surface area contributed by atoms with E-state index in [2.05, 4.69) is 27.0 Å². The average molecular weight is 539 g/mol. The molecule has 1 saturated heterocycles. The zero-order valence-corrected chi connectivity index (χ0v) is 22.5. The Morgan fingerprint density at radius 2 is 2.08 bits per heavy atom. The van der Waals surface area contributed by atoms with E-state index in [0.29, 0.717) is 67.9 Å². The predicted octanol–water partition coefficient (Wildman–Crippen LogP) is 1.61. The molecule has 0 aliphatic carbocycles. The van der Waals surface area contributed by atoms with Crippen LogP contribution in [0.1, 0.15) is 35.1 Å². The van der Waals surface area contributed by atoms with E-state index in [1.54, 1.807) is 23.0 Å². The number of ether oxygens (including phenoxy) is 3. The fraction of sp³-hybridized carbons (Fsp3) is 0.500. The number of urea groups is 1. The van der Waals surface area contributed by atoms with Crippen LogP contribution in [0, 0.1) is 11.3 Å². The molecule has 0 radical (unpaired) electrons. The van der Waals surface area contributed by atoms with E-state index in [4.69, 9.17) is 19.2 Å². The summed E-state index contributed by atoms with van der Waals surface area (Å²) in [4.78, 5) is 38.3. The fourth-order valence-corrected chi connectivity index (χ4v) is 4.65. The number of hydrogen-bond acceptors (Lipinski definition) is 10. The molecule has 2 aromatic heterocycles. The topological polar surface area (TPSA) is 154 Å². The average Bonchev–Trinajstić information content (AvgIpc) is 2.95. The molecule has 2 aromatic rings. The van der Waals surface area contributed by atoms with Gasteiger partial charge < -0.3 is 29.7 Å². The molecule has 0 atom stereocenters. The third kappa shape index (κ3) is 6.61. The molecule has 208 valence electrons. The van der Waals surface area contributed by atoms with E-state index in [1.807, 2.05) is 6.07 Å². The van der Waals surface area contributed by atoms with E-state index in [9.17, 15) is 14.9 Å². The maximum Gasteiger partial charge on any atom is 0.328 e. The Hall–Kier alpha value is -3.83. The summed E-state index contributed by atoms with van der Waals surface area (Å²) in [6, 6.07) is 5.31. The Morgan fingerprint density at radius 3 is 2.79 bits per heavy atom. The number of carbonyl (C=O) groups is 2. The van der Waals surface area contributed by atoms with Gasteiger partial charge in [-0.3, -0.25) is 15.0 Å². The molecule has 1 fully saturated rings. The van der Waals surface area contributed by atoms with Gasteiger partial charge in [0.25, 0.3) is 0 Å². The molecular formula is C26H34N8O5. The summed E-state index contributed by atoms with van der Waals surface area (Å²) >= 11 is 0. The van der Waals surface area contributed by atoms with Crippen LogP contribution in [0.4, 0.5) is 22.1 Å². The highest BCUT2D eigenvalue weighted by Crippen LogP contribution is 2.32. The maximum absolute atomic E-state index is 13.4. The molecule has 13 heteroatoms. The van der Waals surface area contributed by atoms with Crippen LogP contribution in [0.2, 0.25) is 0 Å². The second kappa shape index (κ2) is 13.3. The smallest absolute Gasteiger partial charge is 0.328 e. The van der Waals surface area contributed by atoms with Crippen LogP contribution in [-0.2, 0) is 32.0 Å². The molecule has 4 heterocycles. The Kier molecular flexibility index (Phi) is 9.61. The third-order valence-corrected chi connectivity index (χ3v) is 6.60. The van der Waals surface area contributed by atoms with Gasteiger partial charge >= 0.3 is 6.03 Å². The fourth-order valence-electron chi connectivity index (χ4n) is 4.65. The van der Waals surface area contributed by atoms with Crippen molar-refractivity contribution in [3.05, 3.63) is 40.7 Å². The number of rotatable bonds is 10. The van der Waals surface area contributed by atoms with Crippen LogP contribution in [-0.4, -0.2) is 87.5 Å². The molecule has 3 N–H and O–H groups in total. The zero-order chi connectivity index (χ0) is 27.8. The highest BCUT2D eigenvalue weighted by Gasteiger charge is 2.30. The van der Waals surface area contributed by atoms with E-state index in [0.717, 1.165) is 30.5 Å². The van der Waals surface area contributed by atoms with Crippen molar-refractivity contribution in [2.24, 2.45) is 0 Å². The number of fused-ring (bicyclic) bond motifs is 1. The van der Waals surface area contributed by atoms with Gasteiger partial charge in [-0.25, -0.2) is 14.8 Å². The molecule has 0 spiro atoms. The zero-order valence-electron chi connectivity index (χ0n) is 22.5. The number of anilines is 3. The van der Waals surface area contributed by atoms with Crippen LogP contribution >= 0.6 is 0 Å². The first-order valence-electron chi connectivity index (χ1n) is 12.8. The van der Waals surface area contributed by atoms with Crippen molar-refractivity contribution in [1.82, 2.24) is 20.2 Å². The summed E-state index contributed by atoms with van der Waals surface area (Å²) in [5, 5.41) is 18.4. The standard InChI is InChI=1S/C26H34N8O5/c1-37-10-7-29-20-12-21(30-14-19(20)13-27)31-26(36)34-8-4-5-17-11-18(16-33-9-6-28-15-22(33)35)23(32-24(17)34)25(38-2)39-3/h11-12,14,25,28H,4-10,15-16H2,1-3H3,(H2,29,30,31,36). The highest BCUT2D eigenvalue weighted by atomic mass is 16.7. The number of aryl methyl sites for hydroxylation is 1. The quantitative estimate of drug-likeness (QED) is 0.300. The molecular weight excluding hydrogens is 504 g/mol. The number of hydrogen-bond donors (Lipinski definition) is 3. The van der Waals surface area contributed by atoms with E-state index < -0.39 is 12.3 Å². The van der Waals surface area contributed by atoms with Crippen LogP contribution in [0.15, 0.2) is 18.3 Å². The van der Waals surface area contributed by atoms with Gasteiger partial charge in [0, 0.05) is 66.3 Å². The van der Waals surface area contributed by atoms with Gasteiger partial charge in [-0.05, 0) is 30.0 Å². The molecule has 3 amide bonds. The highest BCUT2D eigenvalue weighted by molar-refractivity contribution is 6.01. The van der Waals surface area contributed by atoms with Crippen LogP contribution in [0.3, 0.4) is 0 Å². The lowest BCUT2D eigenvalue weighted by Crippen LogP contribution is -2.47. The van der Waals surface area contributed by atoms with Crippen LogP contribution in [0.25, 0.3) is 0 Å². The number of aromatic nitrogens is 2. The minimum absolute atomic E-state index is 0.0169. The van der Waals surface area contributed by atoms with Crippen LogP contribution in [0.5, 0.6) is 0 Å². The SMILES string of the molecule is COCCNc1cc(NC(=O)N2CCCc3cc(CN4CCNCC4=O)c(C(OC)OC)nc32)ncc1C#N. The Balaban J connectivity index is 1.61. The molecule has 13 nitrogen and oxygen atoms in total. The first kappa shape index (κ1) is 28.2. The Morgan fingerprint density at radius 1 is 1.26 bits per heavy atom. The normalized spacial score (nSPS) is 15.2. The molecule has 0 saturated carbocycles. The second-order valence-corrected chi connectivity index (χ2v) is 9.14. The molecule has 4 rings (SSSR count). The molecule has 0 unspecified atom stereocenters. The third-order valence-electron chi connectivity index (χ3n) is 6.60. The largest absolute Gasteiger partial charge is 0.383 e. The first-order valence-corrected chi connectivity index (χ1v) is 12.8. The van der Waals surface area contributed by atoms with Crippen molar-refractivity contribution in [3.8, 4) is 6.07 Å². The number of piperazine rings is 1. The summed E-state index contributed by atoms with van der Waals surface area (Å²) in [5.74, 6) is 0.824. The number of nitrogens with one attached hydrogen (secondary N) is 3. The molecule has 0 aromatic carbocycles. The van der Waals surface area contributed by atoms with Gasteiger partial charge in [0.2, 0.25) is 12.2 Å². The molecule has 39 heavy (non-hydrogen) atoms. The summed E-state index contributed by atoms with van der Waals surface area (Å²) in [7, 11) is 4.64. The van der Waals surface area contributed by atoms with Crippen molar-refractivity contribution in [3.63, 3.8) is 0 Å². The minimum Gasteiger partial charge on any atom is -0.383 e. The lowest BCUT2D eigenvalue weighted by Gasteiger charge is -2.32. The minimum atomic E-state index is -0.768. The van der Waals surface area contributed by atoms with Gasteiger partial charge in [0.05, 0.1) is 24.4 Å². The number of amides is 3. The van der Waals surface area contributed by atoms with E-state index >= 15 is 0 Å². The van der Waals surface area contributed by atoms with Crippen LogP contribution < -0.4 is 20.9 Å². The number of nitrogens with zero attached hydrogens (tertiary/aromatic N) is 5. The number of pyridine rings is 2. The summed E-state index contributed by atoms with van der Waals surface area (Å²) in [5.41, 5.74) is 3.15. The Labute approximate surface area is 227 Å². The number of methoxy groups -OCH3 is 3. The van der Waals surface area contributed by atoms with Crippen molar-refractivity contribution in [2.75, 3.05) is 76.2 Å². The second-order valence-electron chi connectivity index (χ2n) is 9.14. The van der Waals surface area contributed by atoms with Gasteiger partial charge in [-0.1, -0.05) is 0 Å². The lowest BCUT2D eigenvalue weighted by molar-refractivity contribution is -0.132. The predicted molar refractivity (Wildman–Crippen MR) is 143 cm³/mol. The van der Waals surface area contributed by atoms with Crippen molar-refractivity contribution < 1.29 is 23.8 Å². The van der Waals surface area contributed by atoms with Gasteiger partial charge in [-0.2, -0.15) is 5.26 Å². The number of nitriles is 1. The van der Waals surface area contributed by atoms with Crippen molar-refractivity contribution >= 4 is 29.3 Å². The first-order chi connectivity index (χ1) is 19.0. The number of carbonyl (C=O) groups excluding carboxylic acids is 2. The molecule has 2 aliphatic heterocycles. The lowest BCUT2D eigenvalue weighted by atomic mass is 10.0. The molecule has 0 bridgehead atoms. The van der Waals surface area contributed by atoms with Gasteiger partial charge in [0.15, 0.2) is 0 Å². The summed E-state index contributed by atoms with van der Waals surface area (Å²) in [6.07, 6.45) is 2.13. The summed E-state index contributed by atoms with van der Waals surface area (Å²) in [6.45, 7) is 3.40. The van der Waals surface area contributed by atoms with Crippen molar-refractivity contribution in [2.45, 2.75) is 25.7 Å². The van der Waals surface area contributed by atoms with Crippen molar-refractivity contribution in [1.29, 1.82) is 5.26 Å². The monoisotopic (exact) mass is 538 g/mol. The van der Waals surface area contributed by atoms with E-state index in [1.165, 1.54) is 20.4 Å². The maximum atomic E-state index is 13.4. The summed E-state index contributed by atoms with van der Waals surface area (Å²) < 4.78 is 16.1. The van der Waals surface area contributed by atoms with Gasteiger partial charge in [0.1, 0.15) is 23.4 Å². The Bertz CT molecular complexity index is 1230. The van der Waals surface area contributed by atoms with E-state index in [-0.39, 0.29) is 5.91 Å². The van der Waals surface area contributed by atoms with Gasteiger partial charge in [-0.15, -0.1) is 0 Å². The molecule has 2 aliphatic rings.